The Bertz CT molecular complexity index is 622. The van der Waals surface area contributed by atoms with Gasteiger partial charge in [-0.25, -0.2) is 14.8 Å². The van der Waals surface area contributed by atoms with Gasteiger partial charge in [-0.2, -0.15) is 0 Å². The summed E-state index contributed by atoms with van der Waals surface area (Å²) >= 11 is 3.07. The van der Waals surface area contributed by atoms with E-state index in [9.17, 15) is 4.79 Å². The first-order valence-electron chi connectivity index (χ1n) is 6.66. The van der Waals surface area contributed by atoms with Crippen molar-refractivity contribution in [1.29, 1.82) is 0 Å². The molecular formula is C13H16N4O2S2. The van der Waals surface area contributed by atoms with Crippen molar-refractivity contribution in [2.45, 2.75) is 33.4 Å². The van der Waals surface area contributed by atoms with Crippen molar-refractivity contribution in [1.82, 2.24) is 15.3 Å². The molecule has 1 aliphatic rings. The van der Waals surface area contributed by atoms with Gasteiger partial charge in [0.05, 0.1) is 36.0 Å². The molecule has 0 saturated carbocycles. The van der Waals surface area contributed by atoms with E-state index in [4.69, 9.17) is 4.74 Å². The molecule has 0 aliphatic carbocycles. The summed E-state index contributed by atoms with van der Waals surface area (Å²) in [5.41, 5.74) is 2.05. The number of hydrogen-bond donors (Lipinski definition) is 2. The topological polar surface area (TPSA) is 76.1 Å². The van der Waals surface area contributed by atoms with E-state index in [-0.39, 0.29) is 6.03 Å². The van der Waals surface area contributed by atoms with Crippen LogP contribution in [0.2, 0.25) is 0 Å². The van der Waals surface area contributed by atoms with Crippen LogP contribution in [-0.2, 0) is 24.3 Å². The van der Waals surface area contributed by atoms with Crippen molar-refractivity contribution in [3.05, 3.63) is 26.1 Å². The zero-order chi connectivity index (χ0) is 14.8. The van der Waals surface area contributed by atoms with Crippen LogP contribution in [-0.4, -0.2) is 22.6 Å². The van der Waals surface area contributed by atoms with E-state index in [2.05, 4.69) is 20.6 Å². The molecule has 0 aromatic carbocycles. The standard InChI is InChI=1S/C13H16N4O2S2/c1-7-8(2)20-11(15-7)5-14-12(18)17-13-16-9-3-4-19-6-10(9)21-13/h3-6H2,1-2H3,(H2,14,16,17,18). The van der Waals surface area contributed by atoms with Crippen molar-refractivity contribution in [2.24, 2.45) is 0 Å². The molecule has 2 N–H and O–H groups in total. The number of ether oxygens (including phenoxy) is 1. The van der Waals surface area contributed by atoms with Gasteiger partial charge in [0.2, 0.25) is 0 Å². The van der Waals surface area contributed by atoms with Crippen molar-refractivity contribution in [2.75, 3.05) is 11.9 Å². The fourth-order valence-corrected chi connectivity index (χ4v) is 3.81. The molecular weight excluding hydrogens is 308 g/mol. The van der Waals surface area contributed by atoms with Crippen LogP contribution < -0.4 is 10.6 Å². The number of rotatable bonds is 3. The molecule has 0 fully saturated rings. The van der Waals surface area contributed by atoms with Gasteiger partial charge in [0.25, 0.3) is 0 Å². The third-order valence-electron chi connectivity index (χ3n) is 3.19. The molecule has 0 radical (unpaired) electrons. The Morgan fingerprint density at radius 1 is 1.33 bits per heavy atom. The average molecular weight is 324 g/mol. The van der Waals surface area contributed by atoms with Crippen LogP contribution in [0.4, 0.5) is 9.93 Å². The second-order valence-corrected chi connectivity index (χ2v) is 7.12. The molecule has 1 aliphatic heterocycles. The molecule has 0 bridgehead atoms. The molecule has 3 rings (SSSR count). The Balaban J connectivity index is 1.55. The molecule has 2 amide bonds. The maximum atomic E-state index is 11.9. The lowest BCUT2D eigenvalue weighted by atomic mass is 10.2. The summed E-state index contributed by atoms with van der Waals surface area (Å²) in [7, 11) is 0. The number of fused-ring (bicyclic) bond motifs is 1. The number of amides is 2. The summed E-state index contributed by atoms with van der Waals surface area (Å²) in [6, 6.07) is -0.257. The smallest absolute Gasteiger partial charge is 0.321 e. The van der Waals surface area contributed by atoms with Gasteiger partial charge in [-0.1, -0.05) is 11.3 Å². The van der Waals surface area contributed by atoms with Crippen LogP contribution in [0, 0.1) is 13.8 Å². The van der Waals surface area contributed by atoms with Crippen molar-refractivity contribution >= 4 is 33.8 Å². The quantitative estimate of drug-likeness (QED) is 0.910. The lowest BCUT2D eigenvalue weighted by Gasteiger charge is -2.08. The van der Waals surface area contributed by atoms with Crippen LogP contribution in [0.1, 0.15) is 26.1 Å². The van der Waals surface area contributed by atoms with Crippen LogP contribution in [0.25, 0.3) is 0 Å². The number of anilines is 1. The minimum absolute atomic E-state index is 0.257. The molecule has 6 nitrogen and oxygen atoms in total. The number of thiazole rings is 2. The minimum atomic E-state index is -0.257. The molecule has 0 spiro atoms. The van der Waals surface area contributed by atoms with E-state index >= 15 is 0 Å². The number of nitrogens with zero attached hydrogens (tertiary/aromatic N) is 2. The predicted molar refractivity (Wildman–Crippen MR) is 82.9 cm³/mol. The fraction of sp³-hybridized carbons (Fsp3) is 0.462. The predicted octanol–water partition coefficient (Wildman–Crippen LogP) is 2.61. The van der Waals surface area contributed by atoms with Crippen molar-refractivity contribution in [3.8, 4) is 0 Å². The van der Waals surface area contributed by atoms with E-state index in [1.165, 1.54) is 16.2 Å². The Labute approximate surface area is 130 Å². The van der Waals surface area contributed by atoms with Gasteiger partial charge in [0.1, 0.15) is 5.01 Å². The normalized spacial score (nSPS) is 13.8. The number of aromatic nitrogens is 2. The van der Waals surface area contributed by atoms with Gasteiger partial charge < -0.3 is 10.1 Å². The first kappa shape index (κ1) is 14.4. The van der Waals surface area contributed by atoms with Crippen LogP contribution in [0.15, 0.2) is 0 Å². The molecule has 2 aromatic rings. The lowest BCUT2D eigenvalue weighted by molar-refractivity contribution is 0.112. The Morgan fingerprint density at radius 3 is 2.90 bits per heavy atom. The number of aryl methyl sites for hydroxylation is 2. The fourth-order valence-electron chi connectivity index (χ4n) is 1.99. The molecule has 2 aromatic heterocycles. The summed E-state index contributed by atoms with van der Waals surface area (Å²) < 4.78 is 5.37. The van der Waals surface area contributed by atoms with Crippen LogP contribution in [0.3, 0.4) is 0 Å². The third kappa shape index (κ3) is 3.39. The maximum absolute atomic E-state index is 11.9. The van der Waals surface area contributed by atoms with Gasteiger partial charge in [-0.05, 0) is 13.8 Å². The summed E-state index contributed by atoms with van der Waals surface area (Å²) in [5, 5.41) is 7.10. The lowest BCUT2D eigenvalue weighted by Crippen LogP contribution is -2.28. The second kappa shape index (κ2) is 6.08. The highest BCUT2D eigenvalue weighted by Crippen LogP contribution is 2.26. The van der Waals surface area contributed by atoms with Gasteiger partial charge in [-0.3, -0.25) is 5.32 Å². The van der Waals surface area contributed by atoms with E-state index in [1.807, 2.05) is 13.8 Å². The molecule has 3 heterocycles. The SMILES string of the molecule is Cc1nc(CNC(=O)Nc2nc3c(s2)COCC3)sc1C. The molecule has 0 unspecified atom stereocenters. The molecule has 0 atom stereocenters. The number of urea groups is 1. The molecule has 0 saturated heterocycles. The Hall–Kier alpha value is -1.51. The summed E-state index contributed by atoms with van der Waals surface area (Å²) in [5.74, 6) is 0. The second-order valence-electron chi connectivity index (χ2n) is 4.75. The van der Waals surface area contributed by atoms with E-state index < -0.39 is 0 Å². The van der Waals surface area contributed by atoms with Gasteiger partial charge in [-0.15, -0.1) is 11.3 Å². The first-order chi connectivity index (χ1) is 10.1. The zero-order valence-corrected chi connectivity index (χ0v) is 13.5. The summed E-state index contributed by atoms with van der Waals surface area (Å²) in [6.45, 7) is 5.72. The molecule has 8 heteroatoms. The molecule has 21 heavy (non-hydrogen) atoms. The Morgan fingerprint density at radius 2 is 2.19 bits per heavy atom. The monoisotopic (exact) mass is 324 g/mol. The molecule has 112 valence electrons. The van der Waals surface area contributed by atoms with Crippen molar-refractivity contribution < 1.29 is 9.53 Å². The van der Waals surface area contributed by atoms with Crippen molar-refractivity contribution in [3.63, 3.8) is 0 Å². The zero-order valence-electron chi connectivity index (χ0n) is 11.9. The van der Waals surface area contributed by atoms with E-state index in [1.54, 1.807) is 11.3 Å². The largest absolute Gasteiger partial charge is 0.375 e. The average Bonchev–Trinajstić information content (AvgIpc) is 3.00. The van der Waals surface area contributed by atoms with E-state index in [0.717, 1.165) is 27.7 Å². The maximum Gasteiger partial charge on any atom is 0.321 e. The highest BCUT2D eigenvalue weighted by molar-refractivity contribution is 7.15. The Kier molecular flexibility index (Phi) is 4.18. The van der Waals surface area contributed by atoms with Crippen LogP contribution in [0.5, 0.6) is 0 Å². The highest BCUT2D eigenvalue weighted by atomic mass is 32.1. The highest BCUT2D eigenvalue weighted by Gasteiger charge is 2.16. The minimum Gasteiger partial charge on any atom is -0.375 e. The number of carbonyl (C=O) groups excluding carboxylic acids is 1. The summed E-state index contributed by atoms with van der Waals surface area (Å²) in [6.07, 6.45) is 0.812. The number of hydrogen-bond acceptors (Lipinski definition) is 6. The van der Waals surface area contributed by atoms with Gasteiger partial charge in [0, 0.05) is 11.3 Å². The number of carbonyl (C=O) groups is 1. The first-order valence-corrected chi connectivity index (χ1v) is 8.29. The van der Waals surface area contributed by atoms with Crippen LogP contribution >= 0.6 is 22.7 Å². The summed E-state index contributed by atoms with van der Waals surface area (Å²) in [4.78, 5) is 23.0. The van der Waals surface area contributed by atoms with E-state index in [0.29, 0.717) is 24.9 Å². The van der Waals surface area contributed by atoms with Gasteiger partial charge >= 0.3 is 6.03 Å². The number of nitrogens with one attached hydrogen (secondary N) is 2. The third-order valence-corrected chi connectivity index (χ3v) is 5.25. The van der Waals surface area contributed by atoms with Gasteiger partial charge in [0.15, 0.2) is 5.13 Å².